The third-order valence-corrected chi connectivity index (χ3v) is 2.27. The van der Waals surface area contributed by atoms with Crippen molar-refractivity contribution in [3.05, 3.63) is 41.9 Å². The fraction of sp³-hybridized carbons (Fsp3) is 0.273. The maximum absolute atomic E-state index is 3.73. The highest BCUT2D eigenvalue weighted by Crippen LogP contribution is 2.19. The van der Waals surface area contributed by atoms with Crippen LogP contribution in [0.4, 0.5) is 0 Å². The van der Waals surface area contributed by atoms with Crippen LogP contribution in [0.2, 0.25) is 0 Å². The highest BCUT2D eigenvalue weighted by atomic mass is 15.1. The summed E-state index contributed by atoms with van der Waals surface area (Å²) < 4.78 is 0. The van der Waals surface area contributed by atoms with Crippen molar-refractivity contribution in [3.63, 3.8) is 0 Å². The van der Waals surface area contributed by atoms with Crippen molar-refractivity contribution < 1.29 is 0 Å². The van der Waals surface area contributed by atoms with E-state index in [4.69, 9.17) is 0 Å². The lowest BCUT2D eigenvalue weighted by Crippen LogP contribution is -2.13. The van der Waals surface area contributed by atoms with Gasteiger partial charge in [0.1, 0.15) is 0 Å². The molecular formula is C11H14N2. The molecule has 0 radical (unpaired) electrons. The van der Waals surface area contributed by atoms with E-state index in [1.54, 1.807) is 0 Å². The normalized spacial score (nSPS) is 14.4. The minimum Gasteiger partial charge on any atom is -0.376 e. The van der Waals surface area contributed by atoms with Crippen molar-refractivity contribution in [3.8, 4) is 0 Å². The van der Waals surface area contributed by atoms with E-state index in [0.29, 0.717) is 0 Å². The van der Waals surface area contributed by atoms with Gasteiger partial charge in [-0.25, -0.2) is 0 Å². The van der Waals surface area contributed by atoms with Crippen molar-refractivity contribution in [1.29, 1.82) is 0 Å². The lowest BCUT2D eigenvalue weighted by Gasteiger charge is -2.17. The molecule has 0 saturated heterocycles. The quantitative estimate of drug-likeness (QED) is 0.681. The number of fused-ring (bicyclic) bond motifs is 1. The van der Waals surface area contributed by atoms with Crippen LogP contribution in [-0.4, -0.2) is 16.9 Å². The Bertz CT molecular complexity index is 347. The number of allylic oxidation sites excluding steroid dienone is 1. The summed E-state index contributed by atoms with van der Waals surface area (Å²) in [6.07, 6.45) is 7.05. The van der Waals surface area contributed by atoms with Gasteiger partial charge in [0, 0.05) is 37.6 Å². The Balaban J connectivity index is 2.30. The van der Waals surface area contributed by atoms with Crippen LogP contribution in [0.25, 0.3) is 6.08 Å². The van der Waals surface area contributed by atoms with E-state index >= 15 is 0 Å². The van der Waals surface area contributed by atoms with Gasteiger partial charge in [0.25, 0.3) is 0 Å². The third kappa shape index (κ3) is 1.52. The maximum atomic E-state index is 3.73. The van der Waals surface area contributed by atoms with Crippen LogP contribution in [0.5, 0.6) is 0 Å². The number of rotatable bonds is 2. The molecule has 68 valence electrons. The van der Waals surface area contributed by atoms with Crippen LogP contribution in [0.1, 0.15) is 17.0 Å². The fourth-order valence-electron chi connectivity index (χ4n) is 1.65. The summed E-state index contributed by atoms with van der Waals surface area (Å²) in [4.78, 5) is 5.54. The summed E-state index contributed by atoms with van der Waals surface area (Å²) in [5, 5.41) is 0. The first kappa shape index (κ1) is 8.17. The van der Waals surface area contributed by atoms with Crippen LogP contribution in [0, 0.1) is 0 Å². The Labute approximate surface area is 78.6 Å². The van der Waals surface area contributed by atoms with Crippen molar-refractivity contribution in [2.75, 3.05) is 7.05 Å². The Kier molecular flexibility index (Phi) is 1.97. The topological polar surface area (TPSA) is 19.0 Å². The lowest BCUT2D eigenvalue weighted by molar-refractivity contribution is 0.448. The van der Waals surface area contributed by atoms with Gasteiger partial charge in [0.05, 0.1) is 0 Å². The molecule has 1 aromatic heterocycles. The first-order chi connectivity index (χ1) is 6.29. The number of H-pyrrole nitrogens is 1. The Hall–Kier alpha value is -1.44. The van der Waals surface area contributed by atoms with Gasteiger partial charge in [-0.3, -0.25) is 0 Å². The molecule has 0 amide bonds. The highest BCUT2D eigenvalue weighted by Gasteiger charge is 2.09. The van der Waals surface area contributed by atoms with Gasteiger partial charge >= 0.3 is 0 Å². The summed E-state index contributed by atoms with van der Waals surface area (Å²) in [5.74, 6) is 0. The molecule has 2 heterocycles. The lowest BCUT2D eigenvalue weighted by atomic mass is 10.2. The van der Waals surface area contributed by atoms with Crippen LogP contribution in [-0.2, 0) is 13.0 Å². The van der Waals surface area contributed by atoms with E-state index in [-0.39, 0.29) is 0 Å². The first-order valence-electron chi connectivity index (χ1n) is 4.49. The van der Waals surface area contributed by atoms with Crippen molar-refractivity contribution in [1.82, 2.24) is 9.88 Å². The molecule has 2 nitrogen and oxygen atoms in total. The van der Waals surface area contributed by atoms with Gasteiger partial charge < -0.3 is 9.88 Å². The summed E-state index contributed by atoms with van der Waals surface area (Å²) in [7, 11) is 2.08. The molecule has 0 atom stereocenters. The van der Waals surface area contributed by atoms with Crippen LogP contribution >= 0.6 is 0 Å². The predicted molar refractivity (Wildman–Crippen MR) is 55.2 cm³/mol. The molecule has 2 heteroatoms. The molecule has 0 aliphatic carbocycles. The number of hydrogen-bond acceptors (Lipinski definition) is 1. The molecule has 1 aliphatic rings. The SMILES string of the molecule is C=CCc1cc2c([nH]1)C=CN(C)C2. The summed E-state index contributed by atoms with van der Waals surface area (Å²) >= 11 is 0. The van der Waals surface area contributed by atoms with Gasteiger partial charge in [-0.2, -0.15) is 0 Å². The van der Waals surface area contributed by atoms with E-state index < -0.39 is 0 Å². The third-order valence-electron chi connectivity index (χ3n) is 2.27. The minimum atomic E-state index is 0.921. The molecule has 1 aromatic rings. The second kappa shape index (κ2) is 3.13. The molecule has 0 spiro atoms. The summed E-state index contributed by atoms with van der Waals surface area (Å²) in [6.45, 7) is 4.73. The summed E-state index contributed by atoms with van der Waals surface area (Å²) in [6, 6.07) is 2.22. The molecule has 0 unspecified atom stereocenters. The van der Waals surface area contributed by atoms with Crippen LogP contribution in [0.15, 0.2) is 24.9 Å². The van der Waals surface area contributed by atoms with E-state index in [2.05, 4.69) is 41.9 Å². The number of hydrogen-bond donors (Lipinski definition) is 1. The molecule has 0 saturated carbocycles. The molecule has 0 bridgehead atoms. The average Bonchev–Trinajstić information content (AvgIpc) is 2.46. The predicted octanol–water partition coefficient (Wildman–Crippen LogP) is 2.16. The standard InChI is InChI=1S/C11H14N2/c1-3-4-10-7-9-8-13(2)6-5-11(9)12-10/h3,5-7,12H,1,4,8H2,2H3. The second-order valence-corrected chi connectivity index (χ2v) is 3.46. The zero-order valence-electron chi connectivity index (χ0n) is 7.88. The number of aromatic amines is 1. The van der Waals surface area contributed by atoms with Gasteiger partial charge in [-0.15, -0.1) is 6.58 Å². The molecule has 0 aromatic carbocycles. The average molecular weight is 174 g/mol. The highest BCUT2D eigenvalue weighted by molar-refractivity contribution is 5.53. The molecule has 2 rings (SSSR count). The Morgan fingerprint density at radius 1 is 1.69 bits per heavy atom. The minimum absolute atomic E-state index is 0.921. The van der Waals surface area contributed by atoms with E-state index in [0.717, 1.165) is 13.0 Å². The summed E-state index contributed by atoms with van der Waals surface area (Å²) in [5.41, 5.74) is 3.87. The van der Waals surface area contributed by atoms with Crippen molar-refractivity contribution >= 4 is 6.08 Å². The van der Waals surface area contributed by atoms with E-state index in [9.17, 15) is 0 Å². The van der Waals surface area contributed by atoms with Crippen molar-refractivity contribution in [2.24, 2.45) is 0 Å². The smallest absolute Gasteiger partial charge is 0.0447 e. The Morgan fingerprint density at radius 2 is 2.54 bits per heavy atom. The van der Waals surface area contributed by atoms with Crippen LogP contribution < -0.4 is 0 Å². The molecule has 13 heavy (non-hydrogen) atoms. The zero-order chi connectivity index (χ0) is 9.26. The first-order valence-corrected chi connectivity index (χ1v) is 4.49. The zero-order valence-corrected chi connectivity index (χ0v) is 7.88. The molecule has 0 fully saturated rings. The van der Waals surface area contributed by atoms with Gasteiger partial charge in [0.2, 0.25) is 0 Å². The molecular weight excluding hydrogens is 160 g/mol. The van der Waals surface area contributed by atoms with E-state index in [1.807, 2.05) is 6.08 Å². The van der Waals surface area contributed by atoms with Crippen molar-refractivity contribution in [2.45, 2.75) is 13.0 Å². The number of nitrogens with zero attached hydrogens (tertiary/aromatic N) is 1. The number of nitrogens with one attached hydrogen (secondary N) is 1. The molecule has 1 aliphatic heterocycles. The Morgan fingerprint density at radius 3 is 3.31 bits per heavy atom. The fourth-order valence-corrected chi connectivity index (χ4v) is 1.65. The maximum Gasteiger partial charge on any atom is 0.0447 e. The largest absolute Gasteiger partial charge is 0.376 e. The van der Waals surface area contributed by atoms with Crippen LogP contribution in [0.3, 0.4) is 0 Å². The van der Waals surface area contributed by atoms with E-state index in [1.165, 1.54) is 17.0 Å². The number of aromatic nitrogens is 1. The monoisotopic (exact) mass is 174 g/mol. The van der Waals surface area contributed by atoms with Gasteiger partial charge in [-0.1, -0.05) is 6.08 Å². The van der Waals surface area contributed by atoms with Gasteiger partial charge in [0.15, 0.2) is 0 Å². The second-order valence-electron chi connectivity index (χ2n) is 3.46. The molecule has 1 N–H and O–H groups in total. The van der Waals surface area contributed by atoms with Gasteiger partial charge in [-0.05, 0) is 17.7 Å².